The van der Waals surface area contributed by atoms with Gasteiger partial charge in [0, 0.05) is 50.3 Å². The molecule has 2 heterocycles. The molecule has 434 valence electrons. The van der Waals surface area contributed by atoms with Crippen LogP contribution in [-0.2, 0) is 76.0 Å². The van der Waals surface area contributed by atoms with Gasteiger partial charge >= 0.3 is 10.4 Å². The van der Waals surface area contributed by atoms with E-state index in [0.29, 0.717) is 17.5 Å². The second-order valence-corrected chi connectivity index (χ2v) is 21.3. The number of nitrogens with one attached hydrogen (secondary N) is 7. The number of carbonyl (C=O) groups excluding carboxylic acids is 11. The summed E-state index contributed by atoms with van der Waals surface area (Å²) >= 11 is 0. The Bertz CT molecular complexity index is 2620. The van der Waals surface area contributed by atoms with E-state index >= 15 is 0 Å². The smallest absolute Gasteiger partial charge is 0.394 e. The van der Waals surface area contributed by atoms with Crippen molar-refractivity contribution < 1.29 is 75.4 Å². The summed E-state index contributed by atoms with van der Waals surface area (Å²) in [5.41, 5.74) is 28.1. The second-order valence-electron chi connectivity index (χ2n) is 17.8. The third-order valence-corrected chi connectivity index (χ3v) is 13.9. The van der Waals surface area contributed by atoms with Gasteiger partial charge in [0.1, 0.15) is 48.0 Å². The molecule has 2 aliphatic heterocycles. The maximum atomic E-state index is 14.6. The molecular weight excluding hydrogens is 1100 g/mol. The molecular formula is C46H66N14O16S3. The number of carbonyl (C=O) groups is 11. The van der Waals surface area contributed by atoms with Crippen LogP contribution in [0.3, 0.4) is 0 Å². The number of hydrogen-bond acceptors (Lipinski definition) is 17. The van der Waals surface area contributed by atoms with Gasteiger partial charge in [0.15, 0.2) is 5.96 Å². The van der Waals surface area contributed by atoms with E-state index in [9.17, 15) is 57.8 Å². The Morgan fingerprint density at radius 2 is 1.30 bits per heavy atom. The van der Waals surface area contributed by atoms with Crippen molar-refractivity contribution in [2.24, 2.45) is 33.7 Å². The van der Waals surface area contributed by atoms with Gasteiger partial charge in [-0.25, -0.2) is 0 Å². The first-order valence-electron chi connectivity index (χ1n) is 24.3. The quantitative estimate of drug-likeness (QED) is 0.0206. The number of benzene rings is 2. The predicted molar refractivity (Wildman–Crippen MR) is 286 cm³/mol. The number of phenols is 1. The van der Waals surface area contributed by atoms with Crippen molar-refractivity contribution in [2.45, 2.75) is 107 Å². The summed E-state index contributed by atoms with van der Waals surface area (Å²) in [6.07, 6.45) is -1.34. The van der Waals surface area contributed by atoms with Crippen molar-refractivity contribution in [2.75, 3.05) is 31.1 Å². The lowest BCUT2D eigenvalue weighted by Gasteiger charge is -2.31. The van der Waals surface area contributed by atoms with E-state index in [2.05, 4.69) is 42.2 Å². The average Bonchev–Trinajstić information content (AvgIpc) is 3.89. The molecule has 0 aromatic heterocycles. The number of likely N-dealkylation sites (tertiary alicyclic amines) is 1. The third kappa shape index (κ3) is 25.5. The predicted octanol–water partition coefficient (Wildman–Crippen LogP) is -4.99. The molecule has 2 aromatic rings. The normalized spacial score (nSPS) is 21.1. The Kier molecular flexibility index (Phi) is 27.3. The van der Waals surface area contributed by atoms with Crippen LogP contribution in [0.25, 0.3) is 0 Å². The molecule has 33 heteroatoms. The number of phenolic OH excluding ortho intramolecular Hbond substituents is 1. The number of nitrogens with two attached hydrogens (primary N) is 5. The zero-order chi connectivity index (χ0) is 58.8. The van der Waals surface area contributed by atoms with E-state index in [0.717, 1.165) is 21.6 Å². The lowest BCUT2D eigenvalue weighted by Crippen LogP contribution is -2.61. The molecule has 0 unspecified atom stereocenters. The molecule has 4 rings (SSSR count). The maximum Gasteiger partial charge on any atom is 0.394 e. The second kappa shape index (κ2) is 32.9. The molecule has 0 bridgehead atoms. The van der Waals surface area contributed by atoms with Crippen LogP contribution < -0.4 is 65.9 Å². The van der Waals surface area contributed by atoms with Gasteiger partial charge < -0.3 is 75.9 Å². The molecule has 20 N–H and O–H groups in total. The van der Waals surface area contributed by atoms with Crippen molar-refractivity contribution >= 4 is 103 Å². The summed E-state index contributed by atoms with van der Waals surface area (Å²) in [5.74, 6) is -9.75. The first kappa shape index (κ1) is 65.5. The fraction of sp³-hybridized carbons (Fsp3) is 0.478. The van der Waals surface area contributed by atoms with Crippen LogP contribution in [0.4, 0.5) is 0 Å². The number of hydrogen-bond donors (Lipinski definition) is 15. The highest BCUT2D eigenvalue weighted by molar-refractivity contribution is 8.76. The largest absolute Gasteiger partial charge is 0.508 e. The van der Waals surface area contributed by atoms with Crippen LogP contribution in [0.1, 0.15) is 62.5 Å². The molecule has 7 atom stereocenters. The van der Waals surface area contributed by atoms with Crippen LogP contribution in [0.5, 0.6) is 5.75 Å². The summed E-state index contributed by atoms with van der Waals surface area (Å²) in [6, 6.07) is 4.52. The number of nitrogens with zero attached hydrogens (tertiary/aromatic N) is 2. The number of guanidine groups is 1. The van der Waals surface area contributed by atoms with E-state index in [4.69, 9.17) is 46.2 Å². The topological polar surface area (TPSA) is 513 Å². The van der Waals surface area contributed by atoms with E-state index in [-0.39, 0.29) is 74.8 Å². The minimum Gasteiger partial charge on any atom is -0.508 e. The SMILES string of the molecule is NC(=O)CC[C@@H]1NC(=O)[C@H](Cc2ccccc2)NC(=O)[C@H](Cc2ccc(O)cc2)NC(=O)CCSSC[C@@H](C(=O)N2CCC[C@H]2C(=O)N[C@@H](CCCN=C(N)N)C(=O)NCC(N)=O)NC(=O)[C@H](CC(N)=O)NC1=O.O=S(=O)(O)O. The van der Waals surface area contributed by atoms with Crippen molar-refractivity contribution in [1.82, 2.24) is 42.1 Å². The molecule has 11 amide bonds. The van der Waals surface area contributed by atoms with Crippen LogP contribution in [0.15, 0.2) is 59.6 Å². The minimum atomic E-state index is -4.67. The molecule has 2 aliphatic rings. The average molecular weight is 1170 g/mol. The van der Waals surface area contributed by atoms with E-state index < -0.39 is 143 Å². The Morgan fingerprint density at radius 1 is 0.734 bits per heavy atom. The summed E-state index contributed by atoms with van der Waals surface area (Å²) in [7, 11) is -2.48. The molecule has 2 saturated heterocycles. The molecule has 2 fully saturated rings. The number of primary amides is 3. The first-order chi connectivity index (χ1) is 37.2. The van der Waals surface area contributed by atoms with Gasteiger partial charge in [0.05, 0.1) is 13.0 Å². The Hall–Kier alpha value is -7.75. The number of aromatic hydroxyl groups is 1. The number of rotatable bonds is 19. The lowest BCUT2D eigenvalue weighted by atomic mass is 10.0. The van der Waals surface area contributed by atoms with Gasteiger partial charge in [-0.15, -0.1) is 0 Å². The number of amides is 11. The number of aliphatic imine (C=N–C) groups is 1. The van der Waals surface area contributed by atoms with Gasteiger partial charge in [-0.3, -0.25) is 66.8 Å². The highest BCUT2D eigenvalue weighted by atomic mass is 33.1. The first-order valence-corrected chi connectivity index (χ1v) is 28.1. The Balaban J connectivity index is 0.00000313. The van der Waals surface area contributed by atoms with Gasteiger partial charge in [-0.2, -0.15) is 8.42 Å². The van der Waals surface area contributed by atoms with E-state index in [1.165, 1.54) is 17.0 Å². The fourth-order valence-corrected chi connectivity index (χ4v) is 9.93. The summed E-state index contributed by atoms with van der Waals surface area (Å²) < 4.78 is 31.6. The standard InChI is InChI=1S/C46H64N14O12S2.H2O4S/c47-35(62)15-14-29-40(67)58-32(22-36(48)63)43(70)59-33(45(72)60-18-5-9-34(60)44(71)56-28(8-4-17-52-46(50)51)39(66)53-23-37(49)64)24-74-73-19-16-38(65)54-30(21-26-10-12-27(61)13-11-26)41(68)57-31(42(69)55-29)20-25-6-2-1-3-7-25;1-5(2,3)4/h1-3,6-7,10-13,28-34,61H,4-5,8-9,14-24H2,(H2,47,62)(H2,48,63)(H2,49,64)(H,53,66)(H,54,65)(H,55,69)(H,56,71)(H,57,68)(H,58,67)(H,59,70)(H4,50,51,52);(H2,1,2,3,4)/t28-,29-,30-,31-,32-,33-,34-;/m0./s1. The summed E-state index contributed by atoms with van der Waals surface area (Å²) in [5, 5.41) is 27.8. The lowest BCUT2D eigenvalue weighted by molar-refractivity contribution is -0.142. The highest BCUT2D eigenvalue weighted by Crippen LogP contribution is 2.26. The monoisotopic (exact) mass is 1170 g/mol. The van der Waals surface area contributed by atoms with Gasteiger partial charge in [0.25, 0.3) is 0 Å². The fourth-order valence-electron chi connectivity index (χ4n) is 7.78. The van der Waals surface area contributed by atoms with Crippen LogP contribution >= 0.6 is 21.6 Å². The van der Waals surface area contributed by atoms with Crippen LogP contribution in [0, 0.1) is 0 Å². The zero-order valence-corrected chi connectivity index (χ0v) is 44.9. The molecule has 79 heavy (non-hydrogen) atoms. The van der Waals surface area contributed by atoms with Crippen molar-refractivity contribution in [3.63, 3.8) is 0 Å². The Labute approximate surface area is 461 Å². The van der Waals surface area contributed by atoms with Crippen molar-refractivity contribution in [3.05, 3.63) is 65.7 Å². The maximum absolute atomic E-state index is 14.6. The Morgan fingerprint density at radius 3 is 1.90 bits per heavy atom. The van der Waals surface area contributed by atoms with Crippen LogP contribution in [0.2, 0.25) is 0 Å². The van der Waals surface area contributed by atoms with Crippen molar-refractivity contribution in [1.29, 1.82) is 0 Å². The molecule has 0 radical (unpaired) electrons. The van der Waals surface area contributed by atoms with Crippen LogP contribution in [-0.4, -0.2) is 172 Å². The van der Waals surface area contributed by atoms with E-state index in [1.54, 1.807) is 42.5 Å². The highest BCUT2D eigenvalue weighted by Gasteiger charge is 2.40. The van der Waals surface area contributed by atoms with Gasteiger partial charge in [0.2, 0.25) is 65.0 Å². The molecule has 0 saturated carbocycles. The zero-order valence-electron chi connectivity index (χ0n) is 42.5. The third-order valence-electron chi connectivity index (χ3n) is 11.5. The van der Waals surface area contributed by atoms with Gasteiger partial charge in [-0.1, -0.05) is 64.1 Å². The molecule has 0 aliphatic carbocycles. The summed E-state index contributed by atoms with van der Waals surface area (Å²) in [6.45, 7) is -0.402. The molecule has 0 spiro atoms. The minimum absolute atomic E-state index is 0.0128. The van der Waals surface area contributed by atoms with Crippen molar-refractivity contribution in [3.8, 4) is 5.75 Å². The molecule has 2 aromatic carbocycles. The summed E-state index contributed by atoms with van der Waals surface area (Å²) in [4.78, 5) is 153. The van der Waals surface area contributed by atoms with Gasteiger partial charge in [-0.05, 0) is 55.4 Å². The van der Waals surface area contributed by atoms with E-state index in [1.807, 2.05) is 0 Å². The molecule has 30 nitrogen and oxygen atoms in total.